The molecule has 1 aromatic carbocycles. The van der Waals surface area contributed by atoms with Gasteiger partial charge in [-0.15, -0.1) is 0 Å². The normalized spacial score (nSPS) is 24.8. The van der Waals surface area contributed by atoms with Gasteiger partial charge in [-0.2, -0.15) is 0 Å². The molecular weight excluding hydrogens is 268 g/mol. The van der Waals surface area contributed by atoms with E-state index in [-0.39, 0.29) is 17.9 Å². The van der Waals surface area contributed by atoms with E-state index in [1.807, 2.05) is 24.1 Å². The van der Waals surface area contributed by atoms with Gasteiger partial charge >= 0.3 is 0 Å². The molecule has 0 aliphatic carbocycles. The maximum Gasteiger partial charge on any atom is 0.234 e. The van der Waals surface area contributed by atoms with Gasteiger partial charge in [0.15, 0.2) is 0 Å². The number of nitrogens with one attached hydrogen (secondary N) is 1. The molecule has 21 heavy (non-hydrogen) atoms. The number of carbonyl (C=O) groups is 1. The molecule has 0 aromatic heterocycles. The minimum absolute atomic E-state index is 0.0950. The Balaban J connectivity index is 1.92. The summed E-state index contributed by atoms with van der Waals surface area (Å²) in [6, 6.07) is 6.08. The molecule has 5 heteroatoms. The van der Waals surface area contributed by atoms with Gasteiger partial charge in [0.1, 0.15) is 5.75 Å². The van der Waals surface area contributed by atoms with Crippen LogP contribution in [0.4, 0.5) is 5.69 Å². The highest BCUT2D eigenvalue weighted by Gasteiger charge is 2.38. The number of carbonyl (C=O) groups excluding carboxylic acids is 1. The summed E-state index contributed by atoms with van der Waals surface area (Å²) < 4.78 is 10.9. The Morgan fingerprint density at radius 2 is 2.29 bits per heavy atom. The lowest BCUT2D eigenvalue weighted by atomic mass is 9.96. The number of methoxy groups -OCH3 is 1. The van der Waals surface area contributed by atoms with Crippen LogP contribution in [0.1, 0.15) is 12.0 Å². The van der Waals surface area contributed by atoms with Gasteiger partial charge in [0.2, 0.25) is 5.91 Å². The van der Waals surface area contributed by atoms with Crippen molar-refractivity contribution in [3.8, 4) is 5.75 Å². The molecule has 1 N–H and O–H groups in total. The zero-order chi connectivity index (χ0) is 14.8. The van der Waals surface area contributed by atoms with E-state index in [9.17, 15) is 4.79 Å². The molecule has 1 fully saturated rings. The first-order valence-corrected chi connectivity index (χ1v) is 7.48. The van der Waals surface area contributed by atoms with E-state index in [0.29, 0.717) is 13.2 Å². The average Bonchev–Trinajstić information content (AvgIpc) is 3.01. The highest BCUT2D eigenvalue weighted by atomic mass is 16.5. The molecule has 0 bridgehead atoms. The smallest absolute Gasteiger partial charge is 0.234 e. The van der Waals surface area contributed by atoms with Gasteiger partial charge in [0.25, 0.3) is 0 Å². The maximum atomic E-state index is 13.0. The number of likely N-dealkylation sites (N-methyl/N-ethyl adjacent to an activating group) is 1. The monoisotopic (exact) mass is 290 g/mol. The number of fused-ring (bicyclic) bond motifs is 1. The lowest BCUT2D eigenvalue weighted by Crippen LogP contribution is -2.46. The van der Waals surface area contributed by atoms with Gasteiger partial charge in [-0.3, -0.25) is 4.79 Å². The van der Waals surface area contributed by atoms with Crippen LogP contribution in [-0.4, -0.2) is 45.9 Å². The number of amides is 1. The Labute approximate surface area is 125 Å². The molecule has 0 spiro atoms. The van der Waals surface area contributed by atoms with Crippen molar-refractivity contribution in [1.82, 2.24) is 5.32 Å². The zero-order valence-corrected chi connectivity index (χ0v) is 12.6. The third kappa shape index (κ3) is 2.51. The van der Waals surface area contributed by atoms with Gasteiger partial charge in [-0.05, 0) is 31.5 Å². The van der Waals surface area contributed by atoms with Crippen molar-refractivity contribution in [3.63, 3.8) is 0 Å². The summed E-state index contributed by atoms with van der Waals surface area (Å²) in [4.78, 5) is 14.8. The molecule has 0 saturated carbocycles. The van der Waals surface area contributed by atoms with E-state index in [0.717, 1.165) is 30.8 Å². The Bertz CT molecular complexity index is 518. The number of hydrogen-bond donors (Lipinski definition) is 1. The Morgan fingerprint density at radius 3 is 3.05 bits per heavy atom. The molecule has 2 aliphatic heterocycles. The van der Waals surface area contributed by atoms with Gasteiger partial charge in [-0.1, -0.05) is 12.1 Å². The number of anilines is 1. The Kier molecular flexibility index (Phi) is 4.12. The summed E-state index contributed by atoms with van der Waals surface area (Å²) in [5.74, 6) is 0.795. The first kappa shape index (κ1) is 14.4. The number of nitrogens with zero attached hydrogens (tertiary/aromatic N) is 1. The molecule has 1 aromatic rings. The highest BCUT2D eigenvalue weighted by Crippen LogP contribution is 2.37. The van der Waals surface area contributed by atoms with Gasteiger partial charge in [-0.25, -0.2) is 0 Å². The predicted octanol–water partition coefficient (Wildman–Crippen LogP) is 1.21. The van der Waals surface area contributed by atoms with Crippen molar-refractivity contribution >= 4 is 11.6 Å². The van der Waals surface area contributed by atoms with Gasteiger partial charge in [0.05, 0.1) is 31.9 Å². The third-order valence-electron chi connectivity index (χ3n) is 4.43. The van der Waals surface area contributed by atoms with Crippen molar-refractivity contribution in [3.05, 3.63) is 23.8 Å². The zero-order valence-electron chi connectivity index (χ0n) is 12.6. The second-order valence-corrected chi connectivity index (χ2v) is 5.60. The first-order chi connectivity index (χ1) is 10.3. The fourth-order valence-electron chi connectivity index (χ4n) is 3.28. The maximum absolute atomic E-state index is 13.0. The van der Waals surface area contributed by atoms with E-state index in [1.165, 1.54) is 5.56 Å². The van der Waals surface area contributed by atoms with Crippen LogP contribution in [0.5, 0.6) is 5.75 Å². The standard InChI is InChI=1S/C16H22N2O3/c1-17-13-10-21-9-12(13)16(19)18-8-4-6-11-5-3-7-14(20-2)15(11)18/h3,5,7,12-13,17H,4,6,8-10H2,1-2H3. The lowest BCUT2D eigenvalue weighted by molar-refractivity contribution is -0.122. The van der Waals surface area contributed by atoms with Crippen LogP contribution < -0.4 is 15.0 Å². The minimum atomic E-state index is -0.120. The summed E-state index contributed by atoms with van der Waals surface area (Å²) in [6.45, 7) is 1.84. The van der Waals surface area contributed by atoms with Crippen LogP contribution in [0, 0.1) is 5.92 Å². The SMILES string of the molecule is CNC1COCC1C(=O)N1CCCc2cccc(OC)c21. The van der Waals surface area contributed by atoms with Crippen LogP contribution in [-0.2, 0) is 16.0 Å². The minimum Gasteiger partial charge on any atom is -0.495 e. The van der Waals surface area contributed by atoms with Crippen LogP contribution in [0.15, 0.2) is 18.2 Å². The van der Waals surface area contributed by atoms with Crippen molar-refractivity contribution in [2.45, 2.75) is 18.9 Å². The van der Waals surface area contributed by atoms with Crippen molar-refractivity contribution in [2.75, 3.05) is 38.8 Å². The summed E-state index contributed by atoms with van der Waals surface area (Å²) >= 11 is 0. The van der Waals surface area contributed by atoms with E-state index in [1.54, 1.807) is 7.11 Å². The summed E-state index contributed by atoms with van der Waals surface area (Å²) in [5.41, 5.74) is 2.13. The number of para-hydroxylation sites is 1. The number of rotatable bonds is 3. The topological polar surface area (TPSA) is 50.8 Å². The number of hydrogen-bond acceptors (Lipinski definition) is 4. The lowest BCUT2D eigenvalue weighted by Gasteiger charge is -2.33. The molecule has 5 nitrogen and oxygen atoms in total. The molecule has 3 rings (SSSR count). The van der Waals surface area contributed by atoms with Crippen LogP contribution in [0.25, 0.3) is 0 Å². The molecular formula is C16H22N2O3. The van der Waals surface area contributed by atoms with Gasteiger partial charge in [0, 0.05) is 12.6 Å². The van der Waals surface area contributed by atoms with Crippen molar-refractivity contribution in [2.24, 2.45) is 5.92 Å². The highest BCUT2D eigenvalue weighted by molar-refractivity contribution is 5.98. The molecule has 1 saturated heterocycles. The quantitative estimate of drug-likeness (QED) is 0.909. The first-order valence-electron chi connectivity index (χ1n) is 7.48. The van der Waals surface area contributed by atoms with E-state index >= 15 is 0 Å². The molecule has 2 atom stereocenters. The van der Waals surface area contributed by atoms with Crippen LogP contribution in [0.3, 0.4) is 0 Å². The van der Waals surface area contributed by atoms with E-state index in [4.69, 9.17) is 9.47 Å². The average molecular weight is 290 g/mol. The summed E-state index contributed by atoms with van der Waals surface area (Å²) in [7, 11) is 3.53. The van der Waals surface area contributed by atoms with Crippen LogP contribution in [0.2, 0.25) is 0 Å². The second kappa shape index (κ2) is 6.03. The Hall–Kier alpha value is -1.59. The van der Waals surface area contributed by atoms with Crippen LogP contribution >= 0.6 is 0 Å². The van der Waals surface area contributed by atoms with E-state index < -0.39 is 0 Å². The number of ether oxygens (including phenoxy) is 2. The number of aryl methyl sites for hydroxylation is 1. The fourth-order valence-corrected chi connectivity index (χ4v) is 3.28. The molecule has 2 aliphatic rings. The molecule has 114 valence electrons. The van der Waals surface area contributed by atoms with Gasteiger partial charge < -0.3 is 19.7 Å². The predicted molar refractivity (Wildman–Crippen MR) is 80.8 cm³/mol. The number of benzene rings is 1. The van der Waals surface area contributed by atoms with Crippen molar-refractivity contribution < 1.29 is 14.3 Å². The third-order valence-corrected chi connectivity index (χ3v) is 4.43. The molecule has 2 unspecified atom stereocenters. The molecule has 2 heterocycles. The largest absolute Gasteiger partial charge is 0.495 e. The molecule has 0 radical (unpaired) electrons. The fraction of sp³-hybridized carbons (Fsp3) is 0.562. The second-order valence-electron chi connectivity index (χ2n) is 5.60. The van der Waals surface area contributed by atoms with Crippen molar-refractivity contribution in [1.29, 1.82) is 0 Å². The van der Waals surface area contributed by atoms with E-state index in [2.05, 4.69) is 11.4 Å². The summed E-state index contributed by atoms with van der Waals surface area (Å²) in [6.07, 6.45) is 1.98. The summed E-state index contributed by atoms with van der Waals surface area (Å²) in [5, 5.41) is 3.18. The Morgan fingerprint density at radius 1 is 1.43 bits per heavy atom. The molecule has 1 amide bonds.